The van der Waals surface area contributed by atoms with Crippen molar-refractivity contribution in [1.82, 2.24) is 14.9 Å². The van der Waals surface area contributed by atoms with Crippen LogP contribution in [-0.4, -0.2) is 72.2 Å². The summed E-state index contributed by atoms with van der Waals surface area (Å²) in [5.41, 5.74) is 9.05. The van der Waals surface area contributed by atoms with Gasteiger partial charge in [-0.25, -0.2) is 5.01 Å². The summed E-state index contributed by atoms with van der Waals surface area (Å²) in [6, 6.07) is 4.17. The molecule has 4 rings (SSSR count). The Morgan fingerprint density at radius 3 is 2.61 bits per heavy atom. The van der Waals surface area contributed by atoms with Crippen LogP contribution < -0.4 is 15.6 Å². The number of nitrogens with two attached hydrogens (primary N) is 1. The molecular formula is C27H37N9O2. The van der Waals surface area contributed by atoms with Crippen LogP contribution in [0.3, 0.4) is 0 Å². The molecule has 1 amide bonds. The van der Waals surface area contributed by atoms with E-state index >= 15 is 0 Å². The minimum Gasteiger partial charge on any atom is -0.387 e. The van der Waals surface area contributed by atoms with E-state index in [9.17, 15) is 9.59 Å². The maximum absolute atomic E-state index is 12.8. The number of pyridine rings is 2. The van der Waals surface area contributed by atoms with E-state index in [4.69, 9.17) is 5.73 Å². The Morgan fingerprint density at radius 1 is 1.16 bits per heavy atom. The molecule has 0 bridgehead atoms. The monoisotopic (exact) mass is 519 g/mol. The Bertz CT molecular complexity index is 1270. The second kappa shape index (κ2) is 10.9. The number of nitrogens with zero attached hydrogens (tertiary/aromatic N) is 8. The third kappa shape index (κ3) is 6.21. The van der Waals surface area contributed by atoms with Crippen LogP contribution in [0, 0.1) is 12.3 Å². The van der Waals surface area contributed by atoms with E-state index in [2.05, 4.69) is 55.3 Å². The van der Waals surface area contributed by atoms with Gasteiger partial charge in [0.15, 0.2) is 0 Å². The molecular weight excluding hydrogens is 482 g/mol. The lowest BCUT2D eigenvalue weighted by Crippen LogP contribution is -2.31. The highest BCUT2D eigenvalue weighted by Gasteiger charge is 2.28. The van der Waals surface area contributed by atoms with Crippen LogP contribution in [0.2, 0.25) is 0 Å². The molecule has 11 heteroatoms. The summed E-state index contributed by atoms with van der Waals surface area (Å²) in [6.45, 7) is 9.72. The third-order valence-corrected chi connectivity index (χ3v) is 7.04. The predicted octanol–water partition coefficient (Wildman–Crippen LogP) is 3.36. The summed E-state index contributed by atoms with van der Waals surface area (Å²) in [4.78, 5) is 42.4. The first-order valence-electron chi connectivity index (χ1n) is 12.8. The fraction of sp³-hybridized carbons (Fsp3) is 0.519. The zero-order valence-corrected chi connectivity index (χ0v) is 23.0. The maximum Gasteiger partial charge on any atom is 0.280 e. The van der Waals surface area contributed by atoms with Crippen molar-refractivity contribution in [3.8, 4) is 0 Å². The molecule has 0 aliphatic carbocycles. The van der Waals surface area contributed by atoms with Crippen LogP contribution in [0.25, 0.3) is 0 Å². The summed E-state index contributed by atoms with van der Waals surface area (Å²) < 4.78 is 0. The normalized spacial score (nSPS) is 20.0. The van der Waals surface area contributed by atoms with Crippen LogP contribution in [0.5, 0.6) is 0 Å². The topological polar surface area (TPSA) is 133 Å². The van der Waals surface area contributed by atoms with Crippen molar-refractivity contribution < 1.29 is 9.59 Å². The van der Waals surface area contributed by atoms with Gasteiger partial charge in [0.25, 0.3) is 5.91 Å². The van der Waals surface area contributed by atoms with Gasteiger partial charge in [0.1, 0.15) is 17.7 Å². The molecule has 0 spiro atoms. The SMILES string of the molecule is Cc1ncc(C(=O)N=C(N)CC(=O)C(C)(C)C)cc1N1CC(c2cncc(N3CCC(N(C)C)C3)c2)N=N1. The van der Waals surface area contributed by atoms with Gasteiger partial charge in [-0.2, -0.15) is 10.1 Å². The highest BCUT2D eigenvalue weighted by molar-refractivity contribution is 6.09. The quantitative estimate of drug-likeness (QED) is 0.435. The Hall–Kier alpha value is -3.73. The molecule has 202 valence electrons. The lowest BCUT2D eigenvalue weighted by molar-refractivity contribution is -0.125. The molecule has 2 N–H and O–H groups in total. The van der Waals surface area contributed by atoms with Gasteiger partial charge in [0.2, 0.25) is 0 Å². The van der Waals surface area contributed by atoms with Gasteiger partial charge in [-0.1, -0.05) is 26.0 Å². The van der Waals surface area contributed by atoms with Gasteiger partial charge in [0.05, 0.1) is 41.8 Å². The van der Waals surface area contributed by atoms with Crippen LogP contribution >= 0.6 is 0 Å². The largest absolute Gasteiger partial charge is 0.387 e. The number of rotatable bonds is 7. The van der Waals surface area contributed by atoms with E-state index < -0.39 is 11.3 Å². The fourth-order valence-corrected chi connectivity index (χ4v) is 4.44. The summed E-state index contributed by atoms with van der Waals surface area (Å²) in [7, 11) is 4.23. The average molecular weight is 520 g/mol. The van der Waals surface area contributed by atoms with Gasteiger partial charge in [-0.15, -0.1) is 0 Å². The molecule has 1 saturated heterocycles. The zero-order valence-electron chi connectivity index (χ0n) is 23.0. The van der Waals surface area contributed by atoms with E-state index in [1.807, 2.05) is 19.3 Å². The van der Waals surface area contributed by atoms with E-state index in [1.165, 1.54) is 6.20 Å². The number of aliphatic imine (C=N–C) groups is 1. The molecule has 0 aromatic carbocycles. The number of carbonyl (C=O) groups is 2. The molecule has 2 atom stereocenters. The highest BCUT2D eigenvalue weighted by atomic mass is 16.1. The Morgan fingerprint density at radius 2 is 1.92 bits per heavy atom. The summed E-state index contributed by atoms with van der Waals surface area (Å²) in [5.74, 6) is -0.650. The second-order valence-corrected chi connectivity index (χ2v) is 11.2. The van der Waals surface area contributed by atoms with E-state index in [0.717, 1.165) is 30.8 Å². The molecule has 0 radical (unpaired) electrons. The Labute approximate surface area is 223 Å². The maximum atomic E-state index is 12.8. The molecule has 2 aromatic rings. The van der Waals surface area contributed by atoms with Gasteiger partial charge in [0, 0.05) is 42.5 Å². The zero-order chi connectivity index (χ0) is 27.6. The van der Waals surface area contributed by atoms with E-state index in [0.29, 0.717) is 24.0 Å². The van der Waals surface area contributed by atoms with Crippen LogP contribution in [-0.2, 0) is 4.79 Å². The minimum atomic E-state index is -0.558. The van der Waals surface area contributed by atoms with Crippen LogP contribution in [0.15, 0.2) is 46.1 Å². The molecule has 2 aliphatic heterocycles. The Kier molecular flexibility index (Phi) is 7.86. The minimum absolute atomic E-state index is 0.0136. The first kappa shape index (κ1) is 27.3. The molecule has 2 unspecified atom stereocenters. The molecule has 11 nitrogen and oxygen atoms in total. The average Bonchev–Trinajstić information content (AvgIpc) is 3.54. The number of aryl methyl sites for hydroxylation is 1. The number of aromatic nitrogens is 2. The van der Waals surface area contributed by atoms with Crippen molar-refractivity contribution in [3.63, 3.8) is 0 Å². The van der Waals surface area contributed by atoms with Crippen molar-refractivity contribution >= 4 is 28.9 Å². The van der Waals surface area contributed by atoms with Gasteiger partial charge in [-0.05, 0) is 39.6 Å². The number of hydrogen-bond acceptors (Lipinski definition) is 9. The third-order valence-electron chi connectivity index (χ3n) is 7.04. The second-order valence-electron chi connectivity index (χ2n) is 11.2. The van der Waals surface area contributed by atoms with Crippen molar-refractivity contribution in [3.05, 3.63) is 47.5 Å². The predicted molar refractivity (Wildman–Crippen MR) is 147 cm³/mol. The number of ketones is 1. The van der Waals surface area contributed by atoms with Gasteiger partial charge in [-0.3, -0.25) is 19.6 Å². The molecule has 1 fully saturated rings. The number of likely N-dealkylation sites (N-methyl/N-ethyl adjacent to an activating group) is 1. The number of carbonyl (C=O) groups excluding carboxylic acids is 2. The van der Waals surface area contributed by atoms with Crippen molar-refractivity contribution in [1.29, 1.82) is 0 Å². The number of amidine groups is 1. The summed E-state index contributed by atoms with van der Waals surface area (Å²) in [5, 5.41) is 10.6. The first-order chi connectivity index (χ1) is 17.9. The van der Waals surface area contributed by atoms with Crippen LogP contribution in [0.1, 0.15) is 61.3 Å². The van der Waals surface area contributed by atoms with E-state index in [1.54, 1.807) is 31.8 Å². The lowest BCUT2D eigenvalue weighted by atomic mass is 9.89. The molecule has 0 saturated carbocycles. The number of anilines is 2. The smallest absolute Gasteiger partial charge is 0.280 e. The van der Waals surface area contributed by atoms with Crippen LogP contribution in [0.4, 0.5) is 11.4 Å². The molecule has 2 aromatic heterocycles. The van der Waals surface area contributed by atoms with Crippen molar-refractivity contribution in [2.24, 2.45) is 26.5 Å². The molecule has 4 heterocycles. The number of Topliss-reactive ketones (excluding diaryl/α,β-unsaturated/α-hetero) is 1. The fourth-order valence-electron chi connectivity index (χ4n) is 4.44. The first-order valence-corrected chi connectivity index (χ1v) is 12.8. The lowest BCUT2D eigenvalue weighted by Gasteiger charge is -2.22. The molecule has 38 heavy (non-hydrogen) atoms. The summed E-state index contributed by atoms with van der Waals surface area (Å²) in [6.07, 6.45) is 6.23. The number of hydrogen-bond donors (Lipinski definition) is 1. The van der Waals surface area contributed by atoms with Gasteiger partial charge < -0.3 is 15.5 Å². The summed E-state index contributed by atoms with van der Waals surface area (Å²) >= 11 is 0. The highest BCUT2D eigenvalue weighted by Crippen LogP contribution is 2.32. The standard InChI is InChI=1S/C27H37N9O2/c1-17-23(10-19(13-30-17)26(38)31-25(28)11-24(37)27(2,3)4)36-16-22(32-33-36)18-9-21(14-29-12-18)35-8-7-20(15-35)34(5)6/h9-10,12-14,20,22H,7-8,11,15-16H2,1-6H3,(H2,28,31,38). The van der Waals surface area contributed by atoms with E-state index in [-0.39, 0.29) is 29.6 Å². The molecule has 2 aliphatic rings. The van der Waals surface area contributed by atoms with Crippen molar-refractivity contribution in [2.45, 2.75) is 52.6 Å². The van der Waals surface area contributed by atoms with Crippen molar-refractivity contribution in [2.75, 3.05) is 43.6 Å². The number of amides is 1. The van der Waals surface area contributed by atoms with Gasteiger partial charge >= 0.3 is 0 Å². The Balaban J connectivity index is 1.46.